The number of thiazole rings is 1. The number of aromatic amines is 1. The molecule has 2 atom stereocenters. The third-order valence-electron chi connectivity index (χ3n) is 7.37. The molecule has 1 amide bonds. The molecule has 14 heteroatoms. The van der Waals surface area contributed by atoms with Gasteiger partial charge in [0.2, 0.25) is 5.88 Å². The van der Waals surface area contributed by atoms with Crippen LogP contribution in [-0.2, 0) is 0 Å². The molecule has 5 rings (SSSR count). The lowest BCUT2D eigenvalue weighted by Crippen LogP contribution is -2.50. The third kappa shape index (κ3) is 6.50. The number of nitrogens with zero attached hydrogens (tertiary/aromatic N) is 5. The van der Waals surface area contributed by atoms with Crippen LogP contribution < -0.4 is 15.0 Å². The number of carboxylic acids is 1. The Labute approximate surface area is 251 Å². The summed E-state index contributed by atoms with van der Waals surface area (Å²) in [5, 5.41) is 14.0. The Balaban J connectivity index is 1.25. The Hall–Kier alpha value is -3.19. The number of aryl methyl sites for hydroxylation is 1. The maximum Gasteiger partial charge on any atom is 0.348 e. The number of likely N-dealkylation sites (tertiary alicyclic amines) is 1. The summed E-state index contributed by atoms with van der Waals surface area (Å²) in [5.41, 5.74) is 1.46. The maximum atomic E-state index is 12.9. The van der Waals surface area contributed by atoms with Crippen LogP contribution in [0.4, 0.5) is 5.13 Å². The minimum atomic E-state index is -1.09. The summed E-state index contributed by atoms with van der Waals surface area (Å²) in [6.45, 7) is 10.3. The molecule has 41 heavy (non-hydrogen) atoms. The average molecular weight is 621 g/mol. The number of ether oxygens (including phenoxy) is 1. The standard InChI is InChI=1S/C27H31Cl2N7O4S/c1-3-16-14-36(9-6-17(16)33-25(37)23-21(29)20(28)15(2)32-23)27-34-22(24(41-27)26(38)39)18-12-31-19(13-30-18)40-11-10-35-7-4-5-8-35/h3,12-13,16-17,32H,1,4-11,14H2,2H3,(H,33,37)(H,38,39). The van der Waals surface area contributed by atoms with Gasteiger partial charge in [0, 0.05) is 37.3 Å². The molecule has 0 radical (unpaired) electrons. The SMILES string of the molecule is C=CC1CN(c2nc(-c3cnc(OCCN4CCCC4)cn3)c(C(=O)O)s2)CCC1NC(=O)c1[nH]c(C)c(Cl)c1Cl. The number of amides is 1. The van der Waals surface area contributed by atoms with Crippen LogP contribution in [0.15, 0.2) is 25.0 Å². The quantitative estimate of drug-likeness (QED) is 0.280. The molecule has 2 fully saturated rings. The molecule has 11 nitrogen and oxygen atoms in total. The molecule has 2 aliphatic heterocycles. The number of hydrogen-bond acceptors (Lipinski definition) is 9. The number of halogens is 2. The smallest absolute Gasteiger partial charge is 0.348 e. The Morgan fingerprint density at radius 3 is 2.66 bits per heavy atom. The van der Waals surface area contributed by atoms with Crippen LogP contribution in [0.25, 0.3) is 11.4 Å². The van der Waals surface area contributed by atoms with Gasteiger partial charge in [-0.1, -0.05) is 40.6 Å². The molecule has 0 bridgehead atoms. The minimum Gasteiger partial charge on any atom is -0.477 e. The Bertz CT molecular complexity index is 1420. The van der Waals surface area contributed by atoms with E-state index in [4.69, 9.17) is 27.9 Å². The number of hydrogen-bond donors (Lipinski definition) is 3. The van der Waals surface area contributed by atoms with E-state index in [1.165, 1.54) is 25.2 Å². The zero-order chi connectivity index (χ0) is 29.1. The fourth-order valence-corrected chi connectivity index (χ4v) is 6.47. The molecule has 0 aromatic carbocycles. The van der Waals surface area contributed by atoms with E-state index in [1.807, 2.05) is 4.90 Å². The number of anilines is 1. The summed E-state index contributed by atoms with van der Waals surface area (Å²) in [6.07, 6.45) is 7.80. The van der Waals surface area contributed by atoms with Gasteiger partial charge in [0.25, 0.3) is 5.91 Å². The monoisotopic (exact) mass is 619 g/mol. The summed E-state index contributed by atoms with van der Waals surface area (Å²) in [6, 6.07) is -0.197. The molecule has 2 aliphatic rings. The molecule has 0 aliphatic carbocycles. The van der Waals surface area contributed by atoms with Gasteiger partial charge in [0.05, 0.1) is 22.4 Å². The fraction of sp³-hybridized carbons (Fsp3) is 0.444. The van der Waals surface area contributed by atoms with Crippen molar-refractivity contribution in [3.8, 4) is 17.3 Å². The first-order valence-electron chi connectivity index (χ1n) is 13.4. The number of piperidine rings is 1. The van der Waals surface area contributed by atoms with Crippen LogP contribution in [0.2, 0.25) is 10.0 Å². The molecule has 3 aromatic rings. The van der Waals surface area contributed by atoms with E-state index in [2.05, 4.69) is 36.7 Å². The van der Waals surface area contributed by atoms with Crippen molar-refractivity contribution >= 4 is 51.5 Å². The van der Waals surface area contributed by atoms with Crippen LogP contribution in [-0.4, -0.2) is 87.2 Å². The summed E-state index contributed by atoms with van der Waals surface area (Å²) < 4.78 is 5.73. The molecule has 2 unspecified atom stereocenters. The summed E-state index contributed by atoms with van der Waals surface area (Å²) in [5.74, 6) is -1.16. The van der Waals surface area contributed by atoms with E-state index in [0.717, 1.165) is 31.0 Å². The molecule has 5 heterocycles. The normalized spacial score (nSPS) is 19.3. The first-order valence-corrected chi connectivity index (χ1v) is 15.0. The van der Waals surface area contributed by atoms with Gasteiger partial charge in [-0.3, -0.25) is 9.69 Å². The lowest BCUT2D eigenvalue weighted by atomic mass is 9.92. The first-order chi connectivity index (χ1) is 19.7. The van der Waals surface area contributed by atoms with E-state index >= 15 is 0 Å². The number of rotatable bonds is 10. The van der Waals surface area contributed by atoms with Gasteiger partial charge in [-0.15, -0.1) is 6.58 Å². The van der Waals surface area contributed by atoms with Crippen LogP contribution in [0.3, 0.4) is 0 Å². The van der Waals surface area contributed by atoms with Crippen molar-refractivity contribution in [1.29, 1.82) is 0 Å². The second kappa shape index (κ2) is 12.8. The molecular weight excluding hydrogens is 589 g/mol. The van der Waals surface area contributed by atoms with Crippen molar-refractivity contribution in [2.75, 3.05) is 44.2 Å². The third-order valence-corrected chi connectivity index (χ3v) is 9.42. The highest BCUT2D eigenvalue weighted by Gasteiger charge is 2.32. The molecule has 218 valence electrons. The molecule has 0 spiro atoms. The Morgan fingerprint density at radius 2 is 2.02 bits per heavy atom. The van der Waals surface area contributed by atoms with Crippen LogP contribution in [0.1, 0.15) is 45.1 Å². The summed E-state index contributed by atoms with van der Waals surface area (Å²) >= 11 is 13.4. The van der Waals surface area contributed by atoms with Gasteiger partial charge < -0.3 is 25.0 Å². The number of nitrogens with one attached hydrogen (secondary N) is 2. The fourth-order valence-electron chi connectivity index (χ4n) is 5.10. The number of carboxylic acid groups (broad SMARTS) is 1. The first kappa shape index (κ1) is 29.3. The Morgan fingerprint density at radius 1 is 1.24 bits per heavy atom. The number of aromatic carboxylic acids is 1. The largest absolute Gasteiger partial charge is 0.477 e. The number of carbonyl (C=O) groups excluding carboxylic acids is 1. The molecule has 3 N–H and O–H groups in total. The van der Waals surface area contributed by atoms with Crippen molar-refractivity contribution in [3.05, 3.63) is 51.4 Å². The van der Waals surface area contributed by atoms with E-state index < -0.39 is 5.97 Å². The van der Waals surface area contributed by atoms with Gasteiger partial charge in [-0.05, 0) is 39.3 Å². The van der Waals surface area contributed by atoms with Crippen LogP contribution in [0.5, 0.6) is 5.88 Å². The Kier molecular flexibility index (Phi) is 9.12. The van der Waals surface area contributed by atoms with Gasteiger partial charge in [0.15, 0.2) is 5.13 Å². The topological polar surface area (TPSA) is 137 Å². The molecule has 0 saturated carbocycles. The molecule has 2 saturated heterocycles. The maximum absolute atomic E-state index is 12.9. The lowest BCUT2D eigenvalue weighted by Gasteiger charge is -2.37. The van der Waals surface area contributed by atoms with Crippen molar-refractivity contribution in [2.45, 2.75) is 32.2 Å². The van der Waals surface area contributed by atoms with Crippen LogP contribution in [0, 0.1) is 12.8 Å². The van der Waals surface area contributed by atoms with Gasteiger partial charge in [-0.25, -0.2) is 19.7 Å². The molecule has 3 aromatic heterocycles. The highest BCUT2D eigenvalue weighted by Crippen LogP contribution is 2.35. The van der Waals surface area contributed by atoms with Crippen molar-refractivity contribution in [2.24, 2.45) is 5.92 Å². The van der Waals surface area contributed by atoms with E-state index in [0.29, 0.717) is 53.5 Å². The van der Waals surface area contributed by atoms with Crippen molar-refractivity contribution in [3.63, 3.8) is 0 Å². The highest BCUT2D eigenvalue weighted by atomic mass is 35.5. The highest BCUT2D eigenvalue weighted by molar-refractivity contribution is 7.17. The predicted molar refractivity (Wildman–Crippen MR) is 159 cm³/mol. The summed E-state index contributed by atoms with van der Waals surface area (Å²) in [4.78, 5) is 45.7. The molecular formula is C27H31Cl2N7O4S. The number of carbonyl (C=O) groups is 2. The van der Waals surface area contributed by atoms with E-state index in [1.54, 1.807) is 13.0 Å². The van der Waals surface area contributed by atoms with E-state index in [-0.39, 0.29) is 39.2 Å². The minimum absolute atomic E-state index is 0.0798. The summed E-state index contributed by atoms with van der Waals surface area (Å²) in [7, 11) is 0. The van der Waals surface area contributed by atoms with Crippen molar-refractivity contribution in [1.82, 2.24) is 30.2 Å². The van der Waals surface area contributed by atoms with Gasteiger partial charge in [-0.2, -0.15) is 0 Å². The van der Waals surface area contributed by atoms with Crippen molar-refractivity contribution < 1.29 is 19.4 Å². The van der Waals surface area contributed by atoms with Gasteiger partial charge >= 0.3 is 5.97 Å². The zero-order valence-electron chi connectivity index (χ0n) is 22.5. The predicted octanol–water partition coefficient (Wildman–Crippen LogP) is 4.53. The zero-order valence-corrected chi connectivity index (χ0v) is 24.9. The van der Waals surface area contributed by atoms with E-state index in [9.17, 15) is 14.7 Å². The average Bonchev–Trinajstić information content (AvgIpc) is 3.71. The van der Waals surface area contributed by atoms with Gasteiger partial charge in [0.1, 0.15) is 28.6 Å². The second-order valence-electron chi connectivity index (χ2n) is 10.1. The number of H-pyrrole nitrogens is 1. The lowest BCUT2D eigenvalue weighted by molar-refractivity contribution is 0.0702. The van der Waals surface area contributed by atoms with Crippen LogP contribution >= 0.6 is 34.5 Å². The second-order valence-corrected chi connectivity index (χ2v) is 11.8. The number of aromatic nitrogens is 4.